The molecule has 0 saturated heterocycles. The number of aliphatic hydroxyl groups is 1. The van der Waals surface area contributed by atoms with Gasteiger partial charge in [-0.2, -0.15) is 0 Å². The normalized spacial score (nSPS) is 12.0. The highest BCUT2D eigenvalue weighted by Crippen LogP contribution is 2.23. The standard InChI is InChI=1S/C15H27N3O/c1-11(2)16-8-13-7-12(3)14(17-9-13)18(6)15(4,5)10-19/h7,9,11,16,19H,8,10H2,1-6H3. The summed E-state index contributed by atoms with van der Waals surface area (Å²) in [6.07, 6.45) is 1.90. The summed E-state index contributed by atoms with van der Waals surface area (Å²) in [7, 11) is 1.97. The molecule has 0 radical (unpaired) electrons. The van der Waals surface area contributed by atoms with Crippen molar-refractivity contribution in [2.45, 2.75) is 52.7 Å². The van der Waals surface area contributed by atoms with Crippen molar-refractivity contribution in [2.24, 2.45) is 0 Å². The van der Waals surface area contributed by atoms with Crippen molar-refractivity contribution in [3.8, 4) is 0 Å². The first-order valence-electron chi connectivity index (χ1n) is 6.81. The minimum Gasteiger partial charge on any atom is -0.394 e. The third-order valence-corrected chi connectivity index (χ3v) is 3.43. The van der Waals surface area contributed by atoms with Crippen LogP contribution in [-0.2, 0) is 6.54 Å². The summed E-state index contributed by atoms with van der Waals surface area (Å²) in [6.45, 7) is 11.3. The molecule has 0 spiro atoms. The molecule has 0 aliphatic heterocycles. The number of aliphatic hydroxyl groups excluding tert-OH is 1. The van der Waals surface area contributed by atoms with Crippen LogP contribution in [0.15, 0.2) is 12.3 Å². The first kappa shape index (κ1) is 15.9. The fourth-order valence-corrected chi connectivity index (χ4v) is 1.79. The van der Waals surface area contributed by atoms with Crippen molar-refractivity contribution in [1.82, 2.24) is 10.3 Å². The number of aromatic nitrogens is 1. The van der Waals surface area contributed by atoms with E-state index in [1.165, 1.54) is 5.56 Å². The van der Waals surface area contributed by atoms with Crippen molar-refractivity contribution in [3.63, 3.8) is 0 Å². The number of likely N-dealkylation sites (N-methyl/N-ethyl adjacent to an activating group) is 1. The molecule has 0 bridgehead atoms. The number of hydrogen-bond donors (Lipinski definition) is 2. The lowest BCUT2D eigenvalue weighted by Crippen LogP contribution is -2.45. The molecule has 1 aromatic heterocycles. The Hall–Kier alpha value is -1.13. The minimum atomic E-state index is -0.310. The Morgan fingerprint density at radius 2 is 2.05 bits per heavy atom. The van der Waals surface area contributed by atoms with Gasteiger partial charge in [0, 0.05) is 25.8 Å². The lowest BCUT2D eigenvalue weighted by molar-refractivity contribution is 0.215. The number of anilines is 1. The molecule has 0 aliphatic carbocycles. The average Bonchev–Trinajstić information content (AvgIpc) is 2.35. The quantitative estimate of drug-likeness (QED) is 0.827. The monoisotopic (exact) mass is 265 g/mol. The van der Waals surface area contributed by atoms with Gasteiger partial charge in [0.25, 0.3) is 0 Å². The maximum Gasteiger partial charge on any atom is 0.131 e. The molecule has 4 nitrogen and oxygen atoms in total. The van der Waals surface area contributed by atoms with Gasteiger partial charge in [-0.3, -0.25) is 0 Å². The molecule has 1 aromatic rings. The second-order valence-electron chi connectivity index (χ2n) is 6.05. The summed E-state index contributed by atoms with van der Waals surface area (Å²) in [5.41, 5.74) is 2.01. The molecular weight excluding hydrogens is 238 g/mol. The number of nitrogens with one attached hydrogen (secondary N) is 1. The number of hydrogen-bond acceptors (Lipinski definition) is 4. The van der Waals surface area contributed by atoms with E-state index in [9.17, 15) is 5.11 Å². The zero-order valence-electron chi connectivity index (χ0n) is 13.0. The van der Waals surface area contributed by atoms with Crippen molar-refractivity contribution in [1.29, 1.82) is 0 Å². The zero-order chi connectivity index (χ0) is 14.6. The summed E-state index contributed by atoms with van der Waals surface area (Å²) in [4.78, 5) is 6.57. The van der Waals surface area contributed by atoms with Crippen LogP contribution >= 0.6 is 0 Å². The van der Waals surface area contributed by atoms with E-state index in [1.807, 2.05) is 32.0 Å². The molecule has 0 fully saturated rings. The molecule has 1 rings (SSSR count). The van der Waals surface area contributed by atoms with Crippen LogP contribution in [0.25, 0.3) is 0 Å². The second kappa shape index (κ2) is 6.35. The lowest BCUT2D eigenvalue weighted by Gasteiger charge is -2.35. The summed E-state index contributed by atoms with van der Waals surface area (Å²) in [5, 5.41) is 12.8. The molecule has 4 heteroatoms. The number of pyridine rings is 1. The van der Waals surface area contributed by atoms with Crippen LogP contribution in [0.2, 0.25) is 0 Å². The highest BCUT2D eigenvalue weighted by Gasteiger charge is 2.24. The van der Waals surface area contributed by atoms with Crippen molar-refractivity contribution >= 4 is 5.82 Å². The SMILES string of the molecule is Cc1cc(CNC(C)C)cnc1N(C)C(C)(C)CO. The van der Waals surface area contributed by atoms with Crippen LogP contribution in [-0.4, -0.2) is 35.3 Å². The Balaban J connectivity index is 2.88. The van der Waals surface area contributed by atoms with E-state index >= 15 is 0 Å². The Morgan fingerprint density at radius 1 is 1.42 bits per heavy atom. The molecular formula is C15H27N3O. The van der Waals surface area contributed by atoms with Gasteiger partial charge in [-0.25, -0.2) is 4.98 Å². The smallest absolute Gasteiger partial charge is 0.131 e. The van der Waals surface area contributed by atoms with Gasteiger partial charge in [0.05, 0.1) is 12.1 Å². The lowest BCUT2D eigenvalue weighted by atomic mass is 10.0. The van der Waals surface area contributed by atoms with Crippen molar-refractivity contribution < 1.29 is 5.11 Å². The van der Waals surface area contributed by atoms with E-state index in [-0.39, 0.29) is 12.1 Å². The molecule has 19 heavy (non-hydrogen) atoms. The topological polar surface area (TPSA) is 48.4 Å². The summed E-state index contributed by atoms with van der Waals surface area (Å²) >= 11 is 0. The van der Waals surface area contributed by atoms with E-state index in [0.717, 1.165) is 17.9 Å². The summed E-state index contributed by atoms with van der Waals surface area (Å²) in [5.74, 6) is 0.923. The number of aryl methyl sites for hydroxylation is 1. The summed E-state index contributed by atoms with van der Waals surface area (Å²) in [6, 6.07) is 2.62. The Bertz CT molecular complexity index is 416. The third-order valence-electron chi connectivity index (χ3n) is 3.43. The van der Waals surface area contributed by atoms with Crippen LogP contribution in [0, 0.1) is 6.92 Å². The molecule has 0 aromatic carbocycles. The predicted octanol–water partition coefficient (Wildman–Crippen LogP) is 2.10. The van der Waals surface area contributed by atoms with Gasteiger partial charge < -0.3 is 15.3 Å². The Morgan fingerprint density at radius 3 is 2.53 bits per heavy atom. The molecule has 2 N–H and O–H groups in total. The van der Waals surface area contributed by atoms with Gasteiger partial charge in [0.15, 0.2) is 0 Å². The van der Waals surface area contributed by atoms with E-state index in [2.05, 4.69) is 37.1 Å². The summed E-state index contributed by atoms with van der Waals surface area (Å²) < 4.78 is 0. The number of rotatable bonds is 6. The Kier molecular flexibility index (Phi) is 5.32. The van der Waals surface area contributed by atoms with Gasteiger partial charge in [0.2, 0.25) is 0 Å². The van der Waals surface area contributed by atoms with Gasteiger partial charge in [-0.05, 0) is 38.0 Å². The predicted molar refractivity (Wildman–Crippen MR) is 80.5 cm³/mol. The molecule has 0 amide bonds. The molecule has 0 aliphatic rings. The van der Waals surface area contributed by atoms with Gasteiger partial charge in [-0.15, -0.1) is 0 Å². The van der Waals surface area contributed by atoms with Crippen LogP contribution in [0.5, 0.6) is 0 Å². The highest BCUT2D eigenvalue weighted by atomic mass is 16.3. The molecule has 0 saturated carbocycles. The maximum absolute atomic E-state index is 9.44. The molecule has 108 valence electrons. The zero-order valence-corrected chi connectivity index (χ0v) is 13.0. The van der Waals surface area contributed by atoms with Crippen LogP contribution < -0.4 is 10.2 Å². The maximum atomic E-state index is 9.44. The van der Waals surface area contributed by atoms with Crippen molar-refractivity contribution in [3.05, 3.63) is 23.4 Å². The van der Waals surface area contributed by atoms with Gasteiger partial charge >= 0.3 is 0 Å². The molecule has 1 heterocycles. The Labute approximate surface area is 116 Å². The second-order valence-corrected chi connectivity index (χ2v) is 6.05. The van der Waals surface area contributed by atoms with Gasteiger partial charge in [0.1, 0.15) is 5.82 Å². The van der Waals surface area contributed by atoms with E-state index in [1.54, 1.807) is 0 Å². The largest absolute Gasteiger partial charge is 0.394 e. The first-order valence-corrected chi connectivity index (χ1v) is 6.81. The highest BCUT2D eigenvalue weighted by molar-refractivity contribution is 5.48. The molecule has 0 atom stereocenters. The average molecular weight is 265 g/mol. The first-order chi connectivity index (χ1) is 8.77. The van der Waals surface area contributed by atoms with Crippen molar-refractivity contribution in [2.75, 3.05) is 18.6 Å². The molecule has 0 unspecified atom stereocenters. The van der Waals surface area contributed by atoms with Gasteiger partial charge in [-0.1, -0.05) is 13.8 Å². The van der Waals surface area contributed by atoms with Crippen LogP contribution in [0.1, 0.15) is 38.8 Å². The fraction of sp³-hybridized carbons (Fsp3) is 0.667. The van der Waals surface area contributed by atoms with E-state index in [0.29, 0.717) is 6.04 Å². The van der Waals surface area contributed by atoms with E-state index < -0.39 is 0 Å². The third kappa shape index (κ3) is 4.18. The number of nitrogens with zero attached hydrogens (tertiary/aromatic N) is 2. The minimum absolute atomic E-state index is 0.0985. The van der Waals surface area contributed by atoms with Crippen LogP contribution in [0.3, 0.4) is 0 Å². The van der Waals surface area contributed by atoms with Crippen LogP contribution in [0.4, 0.5) is 5.82 Å². The van der Waals surface area contributed by atoms with E-state index in [4.69, 9.17) is 0 Å². The fourth-order valence-electron chi connectivity index (χ4n) is 1.79.